The molecule has 0 amide bonds. The SMILES string of the molecule is CCn1c(C2CCNCC2)nc2c(=O)n(C)c(=O)n(C)c21. The van der Waals surface area contributed by atoms with Gasteiger partial charge in [0.2, 0.25) is 0 Å². The molecule has 0 atom stereocenters. The fourth-order valence-electron chi connectivity index (χ4n) is 3.21. The highest BCUT2D eigenvalue weighted by Crippen LogP contribution is 2.26. The second-order valence-corrected chi connectivity index (χ2v) is 5.62. The molecule has 1 aliphatic heterocycles. The maximum atomic E-state index is 12.3. The molecule has 0 saturated carbocycles. The summed E-state index contributed by atoms with van der Waals surface area (Å²) in [6.45, 7) is 4.66. The number of piperidine rings is 1. The number of aryl methyl sites for hydroxylation is 2. The molecular weight excluding hydrogens is 270 g/mol. The van der Waals surface area contributed by atoms with Gasteiger partial charge in [0, 0.05) is 26.6 Å². The van der Waals surface area contributed by atoms with Crippen LogP contribution in [0.5, 0.6) is 0 Å². The Labute approximate surface area is 122 Å². The zero-order chi connectivity index (χ0) is 15.1. The van der Waals surface area contributed by atoms with Crippen LogP contribution in [-0.2, 0) is 20.6 Å². The van der Waals surface area contributed by atoms with Crippen LogP contribution >= 0.6 is 0 Å². The van der Waals surface area contributed by atoms with Crippen LogP contribution < -0.4 is 16.6 Å². The second-order valence-electron chi connectivity index (χ2n) is 5.62. The summed E-state index contributed by atoms with van der Waals surface area (Å²) in [6.07, 6.45) is 2.02. The van der Waals surface area contributed by atoms with Gasteiger partial charge in [0.15, 0.2) is 5.52 Å². The maximum absolute atomic E-state index is 12.3. The van der Waals surface area contributed by atoms with Crippen molar-refractivity contribution in [2.45, 2.75) is 32.2 Å². The van der Waals surface area contributed by atoms with Crippen molar-refractivity contribution in [1.82, 2.24) is 24.0 Å². The van der Waals surface area contributed by atoms with Gasteiger partial charge in [0.1, 0.15) is 11.5 Å². The number of nitrogens with one attached hydrogen (secondary N) is 1. The van der Waals surface area contributed by atoms with E-state index >= 15 is 0 Å². The van der Waals surface area contributed by atoms with E-state index in [0.29, 0.717) is 23.6 Å². The molecular formula is C14H21N5O2. The standard InChI is InChI=1S/C14H21N5O2/c1-4-19-11(9-5-7-15-8-6-9)16-10-12(19)17(2)14(21)18(3)13(10)20/h9,15H,4-8H2,1-3H3. The van der Waals surface area contributed by atoms with Gasteiger partial charge in [0.25, 0.3) is 5.56 Å². The molecule has 21 heavy (non-hydrogen) atoms. The van der Waals surface area contributed by atoms with E-state index in [2.05, 4.69) is 10.3 Å². The van der Waals surface area contributed by atoms with E-state index in [9.17, 15) is 9.59 Å². The first-order valence-corrected chi connectivity index (χ1v) is 7.43. The third-order valence-corrected chi connectivity index (χ3v) is 4.39. The van der Waals surface area contributed by atoms with E-state index in [-0.39, 0.29) is 11.2 Å². The van der Waals surface area contributed by atoms with Crippen LogP contribution in [0.1, 0.15) is 31.5 Å². The highest BCUT2D eigenvalue weighted by molar-refractivity contribution is 5.71. The Kier molecular flexibility index (Phi) is 3.44. The smallest absolute Gasteiger partial charge is 0.317 e. The lowest BCUT2D eigenvalue weighted by atomic mass is 9.97. The predicted molar refractivity (Wildman–Crippen MR) is 80.7 cm³/mol. The predicted octanol–water partition coefficient (Wildman–Crippen LogP) is -0.0794. The first kappa shape index (κ1) is 14.1. The number of rotatable bonds is 2. The fourth-order valence-corrected chi connectivity index (χ4v) is 3.21. The van der Waals surface area contributed by atoms with Crippen LogP contribution in [-0.4, -0.2) is 31.8 Å². The Morgan fingerprint density at radius 3 is 2.48 bits per heavy atom. The molecule has 1 fully saturated rings. The zero-order valence-electron chi connectivity index (χ0n) is 12.7. The molecule has 1 saturated heterocycles. The first-order valence-electron chi connectivity index (χ1n) is 7.43. The van der Waals surface area contributed by atoms with Gasteiger partial charge in [-0.2, -0.15) is 0 Å². The molecule has 0 aromatic carbocycles. The topological polar surface area (TPSA) is 73.8 Å². The molecule has 1 N–H and O–H groups in total. The average molecular weight is 291 g/mol. The Balaban J connectivity index is 2.32. The monoisotopic (exact) mass is 291 g/mol. The third kappa shape index (κ3) is 2.03. The van der Waals surface area contributed by atoms with Crippen LogP contribution in [0.3, 0.4) is 0 Å². The summed E-state index contributed by atoms with van der Waals surface area (Å²) in [5, 5.41) is 3.34. The molecule has 2 aromatic rings. The lowest BCUT2D eigenvalue weighted by Gasteiger charge is -2.22. The van der Waals surface area contributed by atoms with Gasteiger partial charge in [-0.1, -0.05) is 0 Å². The van der Waals surface area contributed by atoms with Crippen molar-refractivity contribution in [2.24, 2.45) is 14.1 Å². The van der Waals surface area contributed by atoms with E-state index < -0.39 is 0 Å². The molecule has 0 bridgehead atoms. The molecule has 114 valence electrons. The number of nitrogens with zero attached hydrogens (tertiary/aromatic N) is 4. The molecule has 2 aromatic heterocycles. The van der Waals surface area contributed by atoms with E-state index in [1.807, 2.05) is 11.5 Å². The highest BCUT2D eigenvalue weighted by Gasteiger charge is 2.24. The number of hydrogen-bond donors (Lipinski definition) is 1. The van der Waals surface area contributed by atoms with Gasteiger partial charge >= 0.3 is 5.69 Å². The van der Waals surface area contributed by atoms with Crippen LogP contribution in [0.15, 0.2) is 9.59 Å². The van der Waals surface area contributed by atoms with Crippen molar-refractivity contribution in [3.05, 3.63) is 26.7 Å². The summed E-state index contributed by atoms with van der Waals surface area (Å²) < 4.78 is 4.67. The van der Waals surface area contributed by atoms with Crippen molar-refractivity contribution in [3.63, 3.8) is 0 Å². The molecule has 0 unspecified atom stereocenters. The number of hydrogen-bond acceptors (Lipinski definition) is 4. The summed E-state index contributed by atoms with van der Waals surface area (Å²) in [5.41, 5.74) is 0.420. The van der Waals surface area contributed by atoms with Crippen LogP contribution in [0, 0.1) is 0 Å². The van der Waals surface area contributed by atoms with Crippen LogP contribution in [0.2, 0.25) is 0 Å². The largest absolute Gasteiger partial charge is 0.332 e. The molecule has 3 rings (SSSR count). The summed E-state index contributed by atoms with van der Waals surface area (Å²) in [4.78, 5) is 29.1. The summed E-state index contributed by atoms with van der Waals surface area (Å²) >= 11 is 0. The average Bonchev–Trinajstić information content (AvgIpc) is 2.91. The Morgan fingerprint density at radius 1 is 1.19 bits per heavy atom. The van der Waals surface area contributed by atoms with Crippen molar-refractivity contribution < 1.29 is 0 Å². The van der Waals surface area contributed by atoms with E-state index in [1.54, 1.807) is 7.05 Å². The summed E-state index contributed by atoms with van der Waals surface area (Å²) in [6, 6.07) is 0. The van der Waals surface area contributed by atoms with Gasteiger partial charge in [-0.05, 0) is 32.9 Å². The Morgan fingerprint density at radius 2 is 1.86 bits per heavy atom. The zero-order valence-corrected chi connectivity index (χ0v) is 12.7. The van der Waals surface area contributed by atoms with Gasteiger partial charge in [-0.25, -0.2) is 9.78 Å². The van der Waals surface area contributed by atoms with E-state index in [1.165, 1.54) is 11.6 Å². The van der Waals surface area contributed by atoms with Crippen molar-refractivity contribution in [3.8, 4) is 0 Å². The minimum absolute atomic E-state index is 0.307. The van der Waals surface area contributed by atoms with Crippen molar-refractivity contribution in [1.29, 1.82) is 0 Å². The van der Waals surface area contributed by atoms with Gasteiger partial charge in [-0.15, -0.1) is 0 Å². The van der Waals surface area contributed by atoms with Gasteiger partial charge in [0.05, 0.1) is 0 Å². The van der Waals surface area contributed by atoms with Gasteiger partial charge < -0.3 is 9.88 Å². The molecule has 7 nitrogen and oxygen atoms in total. The van der Waals surface area contributed by atoms with Gasteiger partial charge in [-0.3, -0.25) is 13.9 Å². The Bertz CT molecular complexity index is 792. The lowest BCUT2D eigenvalue weighted by molar-refractivity contribution is 0.433. The van der Waals surface area contributed by atoms with E-state index in [0.717, 1.165) is 36.3 Å². The minimum Gasteiger partial charge on any atom is -0.317 e. The van der Waals surface area contributed by atoms with Crippen molar-refractivity contribution in [2.75, 3.05) is 13.1 Å². The minimum atomic E-state index is -0.310. The quantitative estimate of drug-likeness (QED) is 0.840. The highest BCUT2D eigenvalue weighted by atomic mass is 16.2. The molecule has 0 aliphatic carbocycles. The second kappa shape index (κ2) is 5.14. The number of imidazole rings is 1. The third-order valence-electron chi connectivity index (χ3n) is 4.39. The van der Waals surface area contributed by atoms with Crippen LogP contribution in [0.25, 0.3) is 11.2 Å². The Hall–Kier alpha value is -1.89. The molecule has 7 heteroatoms. The number of fused-ring (bicyclic) bond motifs is 1. The first-order chi connectivity index (χ1) is 10.1. The fraction of sp³-hybridized carbons (Fsp3) is 0.643. The normalized spacial score (nSPS) is 16.7. The molecule has 0 radical (unpaired) electrons. The maximum Gasteiger partial charge on any atom is 0.332 e. The molecule has 0 spiro atoms. The molecule has 1 aliphatic rings. The van der Waals surface area contributed by atoms with E-state index in [4.69, 9.17) is 0 Å². The molecule has 3 heterocycles. The van der Waals surface area contributed by atoms with Crippen molar-refractivity contribution >= 4 is 11.2 Å². The van der Waals surface area contributed by atoms with Crippen LogP contribution in [0.4, 0.5) is 0 Å². The number of aromatic nitrogens is 4. The summed E-state index contributed by atoms with van der Waals surface area (Å²) in [7, 11) is 3.20. The lowest BCUT2D eigenvalue weighted by Crippen LogP contribution is -2.37. The summed E-state index contributed by atoms with van der Waals surface area (Å²) in [5.74, 6) is 1.28.